The van der Waals surface area contributed by atoms with Crippen molar-refractivity contribution in [1.82, 2.24) is 4.90 Å². The molecule has 2 heteroatoms. The van der Waals surface area contributed by atoms with Crippen LogP contribution in [0.4, 0.5) is 0 Å². The van der Waals surface area contributed by atoms with Crippen molar-refractivity contribution in [2.24, 2.45) is 0 Å². The van der Waals surface area contributed by atoms with Crippen LogP contribution in [0.3, 0.4) is 0 Å². The zero-order chi connectivity index (χ0) is 14.1. The fraction of sp³-hybridized carbons (Fsp3) is 0.647. The number of likely N-dealkylation sites (N-methyl/N-ethyl adjacent to an activating group) is 1. The molecule has 0 spiro atoms. The molecule has 19 heavy (non-hydrogen) atoms. The highest BCUT2D eigenvalue weighted by Gasteiger charge is 2.12. The summed E-state index contributed by atoms with van der Waals surface area (Å²) < 4.78 is 5.20. The molecule has 108 valence electrons. The first kappa shape index (κ1) is 16.0. The van der Waals surface area contributed by atoms with Gasteiger partial charge in [0.1, 0.15) is 5.75 Å². The van der Waals surface area contributed by atoms with Crippen molar-refractivity contribution in [1.29, 1.82) is 0 Å². The van der Waals surface area contributed by atoms with Crippen LogP contribution in [0.5, 0.6) is 5.75 Å². The number of benzene rings is 1. The molecule has 0 fully saturated rings. The van der Waals surface area contributed by atoms with Crippen LogP contribution in [0, 0.1) is 0 Å². The molecular formula is C17H29NO. The van der Waals surface area contributed by atoms with Gasteiger partial charge in [0.25, 0.3) is 0 Å². The Morgan fingerprint density at radius 1 is 1.11 bits per heavy atom. The van der Waals surface area contributed by atoms with Gasteiger partial charge in [0.15, 0.2) is 0 Å². The van der Waals surface area contributed by atoms with Crippen molar-refractivity contribution in [3.63, 3.8) is 0 Å². The number of unbranched alkanes of at least 4 members (excludes halogenated alkanes) is 2. The number of methoxy groups -OCH3 is 1. The van der Waals surface area contributed by atoms with E-state index in [1.807, 2.05) is 0 Å². The van der Waals surface area contributed by atoms with E-state index in [0.29, 0.717) is 6.04 Å². The van der Waals surface area contributed by atoms with E-state index in [0.717, 1.165) is 18.7 Å². The zero-order valence-corrected chi connectivity index (χ0v) is 13.0. The Morgan fingerprint density at radius 2 is 1.79 bits per heavy atom. The summed E-state index contributed by atoms with van der Waals surface area (Å²) >= 11 is 0. The Morgan fingerprint density at radius 3 is 2.32 bits per heavy atom. The van der Waals surface area contributed by atoms with Crippen molar-refractivity contribution in [2.75, 3.05) is 20.2 Å². The summed E-state index contributed by atoms with van der Waals surface area (Å²) in [7, 11) is 1.71. The van der Waals surface area contributed by atoms with Crippen LogP contribution in [0.25, 0.3) is 0 Å². The standard InChI is InChI=1S/C17H29NO/c1-5-7-8-13-18(6-2)15(3)14-16-9-11-17(19-4)12-10-16/h9-12,15H,5-8,13-14H2,1-4H3. The number of nitrogens with zero attached hydrogens (tertiary/aromatic N) is 1. The number of ether oxygens (including phenoxy) is 1. The summed E-state index contributed by atoms with van der Waals surface area (Å²) in [6.07, 6.45) is 5.07. The SMILES string of the molecule is CCCCCN(CC)C(C)Cc1ccc(OC)cc1. The number of hydrogen-bond donors (Lipinski definition) is 0. The molecule has 0 amide bonds. The molecule has 1 aromatic carbocycles. The summed E-state index contributed by atoms with van der Waals surface area (Å²) in [4.78, 5) is 2.58. The Labute approximate surface area is 118 Å². The number of hydrogen-bond acceptors (Lipinski definition) is 2. The molecule has 0 aliphatic heterocycles. The minimum atomic E-state index is 0.607. The molecule has 1 atom stereocenters. The molecule has 1 aromatic rings. The lowest BCUT2D eigenvalue weighted by Gasteiger charge is -2.28. The highest BCUT2D eigenvalue weighted by atomic mass is 16.5. The Kier molecular flexibility index (Phi) is 7.57. The Hall–Kier alpha value is -1.02. The average molecular weight is 263 g/mol. The van der Waals surface area contributed by atoms with Gasteiger partial charge < -0.3 is 9.64 Å². The van der Waals surface area contributed by atoms with Gasteiger partial charge in [-0.1, -0.05) is 38.8 Å². The minimum Gasteiger partial charge on any atom is -0.497 e. The van der Waals surface area contributed by atoms with Gasteiger partial charge in [-0.15, -0.1) is 0 Å². The van der Waals surface area contributed by atoms with Crippen LogP contribution in [0.1, 0.15) is 45.6 Å². The molecule has 0 aliphatic rings. The molecule has 0 radical (unpaired) electrons. The van der Waals surface area contributed by atoms with Gasteiger partial charge in [-0.3, -0.25) is 0 Å². The molecule has 0 aromatic heterocycles. The van der Waals surface area contributed by atoms with Gasteiger partial charge in [-0.05, 0) is 50.6 Å². The van der Waals surface area contributed by atoms with E-state index in [9.17, 15) is 0 Å². The maximum atomic E-state index is 5.20. The minimum absolute atomic E-state index is 0.607. The van der Waals surface area contributed by atoms with Crippen molar-refractivity contribution >= 4 is 0 Å². The first-order valence-electron chi connectivity index (χ1n) is 7.58. The van der Waals surface area contributed by atoms with E-state index >= 15 is 0 Å². The van der Waals surface area contributed by atoms with Crippen LogP contribution in [-0.4, -0.2) is 31.1 Å². The van der Waals surface area contributed by atoms with Crippen molar-refractivity contribution in [3.05, 3.63) is 29.8 Å². The van der Waals surface area contributed by atoms with Gasteiger partial charge >= 0.3 is 0 Å². The lowest BCUT2D eigenvalue weighted by molar-refractivity contribution is 0.214. The molecule has 0 aliphatic carbocycles. The van der Waals surface area contributed by atoms with Gasteiger partial charge in [0.05, 0.1) is 7.11 Å². The van der Waals surface area contributed by atoms with Crippen LogP contribution in [-0.2, 0) is 6.42 Å². The monoisotopic (exact) mass is 263 g/mol. The molecule has 1 rings (SSSR count). The highest BCUT2D eigenvalue weighted by molar-refractivity contribution is 5.27. The van der Waals surface area contributed by atoms with E-state index < -0.39 is 0 Å². The lowest BCUT2D eigenvalue weighted by atomic mass is 10.1. The van der Waals surface area contributed by atoms with E-state index in [4.69, 9.17) is 4.74 Å². The molecule has 1 unspecified atom stereocenters. The first-order valence-corrected chi connectivity index (χ1v) is 7.58. The fourth-order valence-corrected chi connectivity index (χ4v) is 2.49. The zero-order valence-electron chi connectivity index (χ0n) is 13.0. The van der Waals surface area contributed by atoms with E-state index in [1.54, 1.807) is 7.11 Å². The van der Waals surface area contributed by atoms with Crippen molar-refractivity contribution in [2.45, 2.75) is 52.5 Å². The van der Waals surface area contributed by atoms with Crippen molar-refractivity contribution < 1.29 is 4.74 Å². The number of rotatable bonds is 9. The maximum absolute atomic E-state index is 5.20. The normalized spacial score (nSPS) is 12.7. The third-order valence-corrected chi connectivity index (χ3v) is 3.77. The second-order valence-electron chi connectivity index (χ2n) is 5.24. The highest BCUT2D eigenvalue weighted by Crippen LogP contribution is 2.15. The second-order valence-corrected chi connectivity index (χ2v) is 5.24. The molecule has 0 saturated carbocycles. The molecular weight excluding hydrogens is 234 g/mol. The van der Waals surface area contributed by atoms with Crippen molar-refractivity contribution in [3.8, 4) is 5.75 Å². The van der Waals surface area contributed by atoms with Gasteiger partial charge in [0, 0.05) is 6.04 Å². The third kappa shape index (κ3) is 5.65. The topological polar surface area (TPSA) is 12.5 Å². The van der Waals surface area contributed by atoms with Crippen LogP contribution in [0.2, 0.25) is 0 Å². The van der Waals surface area contributed by atoms with E-state index in [1.165, 1.54) is 31.4 Å². The molecule has 2 nitrogen and oxygen atoms in total. The van der Waals surface area contributed by atoms with Gasteiger partial charge in [0.2, 0.25) is 0 Å². The molecule has 0 saturated heterocycles. The third-order valence-electron chi connectivity index (χ3n) is 3.77. The van der Waals surface area contributed by atoms with Gasteiger partial charge in [-0.2, -0.15) is 0 Å². The lowest BCUT2D eigenvalue weighted by Crippen LogP contribution is -2.35. The Bertz CT molecular complexity index is 334. The quantitative estimate of drug-likeness (QED) is 0.621. The maximum Gasteiger partial charge on any atom is 0.118 e. The van der Waals surface area contributed by atoms with E-state index in [2.05, 4.69) is 49.9 Å². The smallest absolute Gasteiger partial charge is 0.118 e. The van der Waals surface area contributed by atoms with Crippen LogP contribution < -0.4 is 4.74 Å². The summed E-state index contributed by atoms with van der Waals surface area (Å²) in [6, 6.07) is 9.06. The van der Waals surface area contributed by atoms with Crippen LogP contribution in [0.15, 0.2) is 24.3 Å². The Balaban J connectivity index is 2.47. The molecule has 0 heterocycles. The summed E-state index contributed by atoms with van der Waals surface area (Å²) in [5.41, 5.74) is 1.39. The molecule has 0 N–H and O–H groups in total. The van der Waals surface area contributed by atoms with Gasteiger partial charge in [-0.25, -0.2) is 0 Å². The summed E-state index contributed by atoms with van der Waals surface area (Å²) in [5.74, 6) is 0.937. The predicted octanol–water partition coefficient (Wildman–Crippen LogP) is 4.14. The summed E-state index contributed by atoms with van der Waals surface area (Å²) in [6.45, 7) is 9.22. The summed E-state index contributed by atoms with van der Waals surface area (Å²) in [5, 5.41) is 0. The predicted molar refractivity (Wildman–Crippen MR) is 82.9 cm³/mol. The molecule has 0 bridgehead atoms. The fourth-order valence-electron chi connectivity index (χ4n) is 2.49. The van der Waals surface area contributed by atoms with Crippen LogP contribution >= 0.6 is 0 Å². The second kappa shape index (κ2) is 8.98. The first-order chi connectivity index (χ1) is 9.21. The largest absolute Gasteiger partial charge is 0.497 e. The average Bonchev–Trinajstić information content (AvgIpc) is 2.44. The van der Waals surface area contributed by atoms with E-state index in [-0.39, 0.29) is 0 Å².